The molecular formula is C15H14N3O+. The van der Waals surface area contributed by atoms with Gasteiger partial charge in [0, 0.05) is 17.8 Å². The Kier molecular flexibility index (Phi) is 2.56. The van der Waals surface area contributed by atoms with Crippen molar-refractivity contribution in [2.45, 2.75) is 0 Å². The number of hydrogen-bond acceptors (Lipinski definition) is 2. The first-order chi connectivity index (χ1) is 9.15. The van der Waals surface area contributed by atoms with Gasteiger partial charge in [-0.25, -0.2) is 4.57 Å². The van der Waals surface area contributed by atoms with Crippen LogP contribution in [0, 0.1) is 0 Å². The summed E-state index contributed by atoms with van der Waals surface area (Å²) in [7, 11) is 1.93. The van der Waals surface area contributed by atoms with Gasteiger partial charge < -0.3 is 10.7 Å². The lowest BCUT2D eigenvalue weighted by molar-refractivity contribution is -0.644. The van der Waals surface area contributed by atoms with Crippen LogP contribution < -0.4 is 15.9 Å². The number of nitrogens with zero attached hydrogens (tertiary/aromatic N) is 1. The van der Waals surface area contributed by atoms with Gasteiger partial charge in [0.2, 0.25) is 5.52 Å². The number of hydrogen-bond donors (Lipinski definition) is 2. The molecule has 3 N–H and O–H groups in total. The fourth-order valence-corrected chi connectivity index (χ4v) is 2.18. The van der Waals surface area contributed by atoms with E-state index in [0.717, 1.165) is 16.8 Å². The number of aromatic amines is 1. The molecule has 1 aromatic carbocycles. The van der Waals surface area contributed by atoms with Crippen LogP contribution in [-0.4, -0.2) is 4.98 Å². The molecule has 0 atom stereocenters. The van der Waals surface area contributed by atoms with E-state index in [4.69, 9.17) is 5.73 Å². The van der Waals surface area contributed by atoms with Crippen LogP contribution in [-0.2, 0) is 7.05 Å². The van der Waals surface area contributed by atoms with Gasteiger partial charge in [-0.15, -0.1) is 0 Å². The molecule has 0 spiro atoms. The minimum Gasteiger partial charge on any atom is -0.399 e. The number of benzene rings is 1. The molecular weight excluding hydrogens is 238 g/mol. The van der Waals surface area contributed by atoms with Crippen molar-refractivity contribution >= 4 is 16.6 Å². The molecule has 0 aliphatic rings. The Morgan fingerprint density at radius 2 is 1.89 bits per heavy atom. The van der Waals surface area contributed by atoms with E-state index in [9.17, 15) is 4.79 Å². The Labute approximate surface area is 110 Å². The molecule has 4 nitrogen and oxygen atoms in total. The first kappa shape index (κ1) is 11.5. The first-order valence-electron chi connectivity index (χ1n) is 6.03. The van der Waals surface area contributed by atoms with Gasteiger partial charge in [0.05, 0.1) is 5.69 Å². The summed E-state index contributed by atoms with van der Waals surface area (Å²) in [6.45, 7) is 0. The summed E-state index contributed by atoms with van der Waals surface area (Å²) in [6, 6.07) is 13.1. The number of nitrogen functional groups attached to an aromatic ring is 1. The predicted molar refractivity (Wildman–Crippen MR) is 75.6 cm³/mol. The van der Waals surface area contributed by atoms with Gasteiger partial charge in [0.15, 0.2) is 6.20 Å². The zero-order valence-electron chi connectivity index (χ0n) is 10.6. The van der Waals surface area contributed by atoms with Crippen LogP contribution in [0.5, 0.6) is 0 Å². The highest BCUT2D eigenvalue weighted by molar-refractivity contribution is 5.79. The summed E-state index contributed by atoms with van der Waals surface area (Å²) in [5, 5.41) is 0.684. The molecule has 0 aliphatic carbocycles. The molecule has 19 heavy (non-hydrogen) atoms. The molecule has 0 radical (unpaired) electrons. The fraction of sp³-hybridized carbons (Fsp3) is 0.0667. The van der Waals surface area contributed by atoms with Gasteiger partial charge in [-0.3, -0.25) is 4.79 Å². The lowest BCUT2D eigenvalue weighted by Gasteiger charge is -2.03. The Balaban J connectivity index is 2.29. The van der Waals surface area contributed by atoms with Gasteiger partial charge in [-0.2, -0.15) is 0 Å². The van der Waals surface area contributed by atoms with Crippen molar-refractivity contribution in [2.24, 2.45) is 7.05 Å². The van der Waals surface area contributed by atoms with Crippen molar-refractivity contribution in [3.8, 4) is 11.3 Å². The highest BCUT2D eigenvalue weighted by Gasteiger charge is 2.10. The third kappa shape index (κ3) is 1.97. The summed E-state index contributed by atoms with van der Waals surface area (Å²) in [5.74, 6) is 0. The van der Waals surface area contributed by atoms with Crippen LogP contribution in [0.4, 0.5) is 5.69 Å². The molecule has 0 saturated carbocycles. The molecule has 0 bridgehead atoms. The molecule has 3 aromatic rings. The van der Waals surface area contributed by atoms with E-state index in [2.05, 4.69) is 4.98 Å². The second-order valence-corrected chi connectivity index (χ2v) is 4.55. The zero-order valence-corrected chi connectivity index (χ0v) is 10.6. The number of H-pyrrole nitrogens is 1. The average molecular weight is 252 g/mol. The van der Waals surface area contributed by atoms with E-state index < -0.39 is 0 Å². The van der Waals surface area contributed by atoms with Gasteiger partial charge in [-0.1, -0.05) is 12.1 Å². The number of fused-ring (bicyclic) bond motifs is 1. The summed E-state index contributed by atoms with van der Waals surface area (Å²) >= 11 is 0. The van der Waals surface area contributed by atoms with Crippen LogP contribution in [0.1, 0.15) is 0 Å². The SMILES string of the molecule is C[n+]1cccc2c(=O)[nH]c(-c3ccc(N)cc3)cc21. The van der Waals surface area contributed by atoms with Crippen LogP contribution in [0.15, 0.2) is 53.5 Å². The van der Waals surface area contributed by atoms with Gasteiger partial charge in [0.25, 0.3) is 5.56 Å². The van der Waals surface area contributed by atoms with E-state index in [1.807, 2.05) is 60.3 Å². The fourth-order valence-electron chi connectivity index (χ4n) is 2.18. The number of rotatable bonds is 1. The van der Waals surface area contributed by atoms with E-state index in [0.29, 0.717) is 11.1 Å². The molecule has 0 aliphatic heterocycles. The van der Waals surface area contributed by atoms with Crippen molar-refractivity contribution in [1.82, 2.24) is 4.98 Å². The van der Waals surface area contributed by atoms with Crippen LogP contribution in [0.2, 0.25) is 0 Å². The summed E-state index contributed by atoms with van der Waals surface area (Å²) < 4.78 is 1.94. The Morgan fingerprint density at radius 3 is 2.63 bits per heavy atom. The van der Waals surface area contributed by atoms with Gasteiger partial charge in [0.1, 0.15) is 12.4 Å². The maximum absolute atomic E-state index is 12.1. The molecule has 0 saturated heterocycles. The Hall–Kier alpha value is -2.62. The smallest absolute Gasteiger partial charge is 0.262 e. The van der Waals surface area contributed by atoms with E-state index >= 15 is 0 Å². The predicted octanol–water partition coefficient (Wildman–Crippen LogP) is 1.60. The molecule has 0 amide bonds. The van der Waals surface area contributed by atoms with E-state index in [1.54, 1.807) is 0 Å². The monoisotopic (exact) mass is 252 g/mol. The normalized spacial score (nSPS) is 10.8. The highest BCUT2D eigenvalue weighted by Crippen LogP contribution is 2.19. The van der Waals surface area contributed by atoms with Crippen LogP contribution in [0.3, 0.4) is 0 Å². The van der Waals surface area contributed by atoms with Gasteiger partial charge >= 0.3 is 0 Å². The lowest BCUT2D eigenvalue weighted by atomic mass is 10.1. The average Bonchev–Trinajstić information content (AvgIpc) is 2.41. The van der Waals surface area contributed by atoms with Crippen molar-refractivity contribution in [3.05, 3.63) is 59.0 Å². The second kappa shape index (κ2) is 4.24. The number of aromatic nitrogens is 2. The molecule has 4 heteroatoms. The largest absolute Gasteiger partial charge is 0.399 e. The number of anilines is 1. The number of nitrogens with one attached hydrogen (secondary N) is 1. The molecule has 0 unspecified atom stereocenters. The van der Waals surface area contributed by atoms with Gasteiger partial charge in [-0.05, 0) is 23.8 Å². The molecule has 2 heterocycles. The number of pyridine rings is 2. The maximum atomic E-state index is 12.1. The lowest BCUT2D eigenvalue weighted by Crippen LogP contribution is -2.30. The minimum atomic E-state index is -0.0828. The third-order valence-corrected chi connectivity index (χ3v) is 3.22. The standard InChI is InChI=1S/C15H13N3O/c1-18-8-2-3-12-14(18)9-13(17-15(12)19)10-4-6-11(16)7-5-10/h2-9H,1H3,(H2,16,17,19)/p+1. The van der Waals surface area contributed by atoms with E-state index in [-0.39, 0.29) is 5.56 Å². The topological polar surface area (TPSA) is 62.8 Å². The first-order valence-corrected chi connectivity index (χ1v) is 6.03. The molecule has 3 rings (SSSR count). The molecule has 2 aromatic heterocycles. The summed E-state index contributed by atoms with van der Waals surface area (Å²) in [6.07, 6.45) is 1.93. The van der Waals surface area contributed by atoms with Crippen molar-refractivity contribution in [2.75, 3.05) is 5.73 Å². The molecule has 0 fully saturated rings. The molecule has 94 valence electrons. The second-order valence-electron chi connectivity index (χ2n) is 4.55. The third-order valence-electron chi connectivity index (χ3n) is 3.22. The van der Waals surface area contributed by atoms with Crippen molar-refractivity contribution < 1.29 is 4.57 Å². The highest BCUT2D eigenvalue weighted by atomic mass is 16.1. The Morgan fingerprint density at radius 1 is 1.16 bits per heavy atom. The quantitative estimate of drug-likeness (QED) is 0.510. The summed E-state index contributed by atoms with van der Waals surface area (Å²) in [5.41, 5.74) is 8.93. The number of nitrogens with two attached hydrogens (primary N) is 1. The van der Waals surface area contributed by atoms with E-state index in [1.165, 1.54) is 0 Å². The van der Waals surface area contributed by atoms with Crippen LogP contribution >= 0.6 is 0 Å². The zero-order chi connectivity index (χ0) is 13.4. The van der Waals surface area contributed by atoms with Crippen molar-refractivity contribution in [1.29, 1.82) is 0 Å². The van der Waals surface area contributed by atoms with Crippen molar-refractivity contribution in [3.63, 3.8) is 0 Å². The maximum Gasteiger partial charge on any atom is 0.262 e. The van der Waals surface area contributed by atoms with Crippen LogP contribution in [0.25, 0.3) is 22.2 Å². The summed E-state index contributed by atoms with van der Waals surface area (Å²) in [4.78, 5) is 15.0. The number of aryl methyl sites for hydroxylation is 1. The Bertz CT molecular complexity index is 804. The minimum absolute atomic E-state index is 0.0828.